The first-order chi connectivity index (χ1) is 29.3. The predicted molar refractivity (Wildman–Crippen MR) is 243 cm³/mol. The summed E-state index contributed by atoms with van der Waals surface area (Å²) in [7, 11) is 1.49. The van der Waals surface area contributed by atoms with Gasteiger partial charge in [0, 0.05) is 25.9 Å². The molecule has 0 spiro atoms. The number of aldehydes is 1. The second-order valence-electron chi connectivity index (χ2n) is 14.7. The number of esters is 4. The fraction of sp³-hybridized carbons (Fsp3) is 0.612. The molecule has 0 amide bonds. The van der Waals surface area contributed by atoms with E-state index in [0.717, 1.165) is 36.7 Å². The smallest absolute Gasteiger partial charge is 0.308 e. The van der Waals surface area contributed by atoms with E-state index in [4.69, 9.17) is 23.7 Å². The molecule has 1 rings (SSSR count). The third-order valence-electron chi connectivity index (χ3n) is 9.49. The van der Waals surface area contributed by atoms with E-state index in [2.05, 4.69) is 30.6 Å². The maximum atomic E-state index is 12.5. The summed E-state index contributed by atoms with van der Waals surface area (Å²) in [4.78, 5) is 59.5. The highest BCUT2D eigenvalue weighted by molar-refractivity contribution is 5.73. The highest BCUT2D eigenvalue weighted by Crippen LogP contribution is 2.16. The van der Waals surface area contributed by atoms with Crippen LogP contribution >= 0.6 is 0 Å². The van der Waals surface area contributed by atoms with Gasteiger partial charge in [0.15, 0.2) is 12.2 Å². The van der Waals surface area contributed by atoms with Crippen LogP contribution in [0.1, 0.15) is 117 Å². The van der Waals surface area contributed by atoms with Crippen LogP contribution in [-0.2, 0) is 54.1 Å². The van der Waals surface area contributed by atoms with Gasteiger partial charge in [0.1, 0.15) is 19.5 Å². The maximum absolute atomic E-state index is 12.5. The lowest BCUT2D eigenvalue weighted by Crippen LogP contribution is -2.31. The average molecular weight is 858 g/mol. The molecule has 0 aromatic heterocycles. The minimum atomic E-state index is -0.926. The van der Waals surface area contributed by atoms with E-state index in [1.54, 1.807) is 13.0 Å². The van der Waals surface area contributed by atoms with Crippen molar-refractivity contribution >= 4 is 30.2 Å². The lowest BCUT2D eigenvalue weighted by molar-refractivity contribution is -0.164. The van der Waals surface area contributed by atoms with Crippen LogP contribution in [0.4, 0.5) is 0 Å². The van der Waals surface area contributed by atoms with Gasteiger partial charge in [0.05, 0.1) is 25.0 Å². The molecule has 0 radical (unpaired) electrons. The molecule has 0 heterocycles. The second kappa shape index (κ2) is 38.5. The minimum absolute atomic E-state index is 0.0753. The zero-order valence-electron chi connectivity index (χ0n) is 38.8. The van der Waals surface area contributed by atoms with Crippen molar-refractivity contribution in [2.45, 2.75) is 132 Å². The summed E-state index contributed by atoms with van der Waals surface area (Å²) in [5.74, 6) is -2.14. The van der Waals surface area contributed by atoms with Gasteiger partial charge in [-0.15, -0.1) is 0 Å². The molecule has 5 atom stereocenters. The SMILES string of the molecule is C=C/C(=C\C)CCC(C)C(=O)OCC(CO)OC(=O)CCCNCCCC(=O)OC(COC)COC(=O)C(C)CCc1ccc(C)cc1.C=C/C(=C\C)CCC(C)C=O.CC. The maximum Gasteiger partial charge on any atom is 0.308 e. The third-order valence-corrected chi connectivity index (χ3v) is 9.49. The van der Waals surface area contributed by atoms with Crippen LogP contribution in [0.5, 0.6) is 0 Å². The molecule has 0 bridgehead atoms. The van der Waals surface area contributed by atoms with Crippen LogP contribution in [0.25, 0.3) is 0 Å². The number of aliphatic hydroxyl groups excluding tert-OH is 1. The van der Waals surface area contributed by atoms with Crippen molar-refractivity contribution in [3.8, 4) is 0 Å². The predicted octanol–water partition coefficient (Wildman–Crippen LogP) is 8.57. The van der Waals surface area contributed by atoms with E-state index in [1.807, 2.05) is 78.8 Å². The topological polar surface area (TPSA) is 164 Å². The van der Waals surface area contributed by atoms with Crippen LogP contribution in [0.15, 0.2) is 72.9 Å². The Morgan fingerprint density at radius 2 is 1.20 bits per heavy atom. The van der Waals surface area contributed by atoms with Crippen molar-refractivity contribution in [2.24, 2.45) is 17.8 Å². The van der Waals surface area contributed by atoms with Crippen LogP contribution in [-0.4, -0.2) is 94.1 Å². The number of methoxy groups -OCH3 is 1. The molecule has 0 aliphatic rings. The molecule has 0 saturated carbocycles. The molecule has 12 nitrogen and oxygen atoms in total. The number of carbonyl (C=O) groups excluding carboxylic acids is 5. The van der Waals surface area contributed by atoms with Gasteiger partial charge in [-0.25, -0.2) is 0 Å². The summed E-state index contributed by atoms with van der Waals surface area (Å²) < 4.78 is 26.5. The Morgan fingerprint density at radius 1 is 0.721 bits per heavy atom. The average Bonchev–Trinajstić information content (AvgIpc) is 3.27. The third kappa shape index (κ3) is 31.2. The van der Waals surface area contributed by atoms with E-state index >= 15 is 0 Å². The number of aryl methyl sites for hydroxylation is 2. The first-order valence-electron chi connectivity index (χ1n) is 21.9. The fourth-order valence-electron chi connectivity index (χ4n) is 5.34. The number of ether oxygens (including phenoxy) is 5. The lowest BCUT2D eigenvalue weighted by atomic mass is 10.0. The second-order valence-corrected chi connectivity index (χ2v) is 14.7. The number of hydrogen-bond acceptors (Lipinski definition) is 12. The summed E-state index contributed by atoms with van der Waals surface area (Å²) in [5, 5.41) is 12.7. The number of carbonyl (C=O) groups is 5. The summed E-state index contributed by atoms with van der Waals surface area (Å²) in [5.41, 5.74) is 4.62. The Morgan fingerprint density at radius 3 is 1.66 bits per heavy atom. The molecular weight excluding hydrogens is 779 g/mol. The van der Waals surface area contributed by atoms with Gasteiger partial charge < -0.3 is 38.9 Å². The van der Waals surface area contributed by atoms with Gasteiger partial charge >= 0.3 is 23.9 Å². The Bertz CT molecular complexity index is 1440. The van der Waals surface area contributed by atoms with Crippen LogP contribution in [0, 0.1) is 24.7 Å². The number of hydrogen-bond donors (Lipinski definition) is 2. The standard InChI is InChI=1S/C37H57NO10.C10H16O.C2H6/c1-7-30(8-2)19-15-28(4)36(42)45-25-32(23-39)47-34(40)11-9-21-38-22-10-12-35(41)48-33(24-44-6)26-46-37(43)29(5)16-20-31-17-13-27(3)14-18-31;1-4-10(5-2)7-6-9(3)8-11;1-2/h7-8,13-14,17-18,28-29,32-33,38-39H,1,9-12,15-16,19-26H2,2-6H3;4-5,8-9H,1,6-7H2,2-3H3;1-2H3/b30-8+;10-5+;. The molecule has 61 heavy (non-hydrogen) atoms. The van der Waals surface area contributed by atoms with Crippen molar-refractivity contribution < 1.29 is 52.8 Å². The van der Waals surface area contributed by atoms with Crippen LogP contribution in [0.3, 0.4) is 0 Å². The van der Waals surface area contributed by atoms with Crippen molar-refractivity contribution in [3.05, 3.63) is 84.0 Å². The van der Waals surface area contributed by atoms with Gasteiger partial charge in [0.25, 0.3) is 0 Å². The van der Waals surface area contributed by atoms with Crippen LogP contribution < -0.4 is 5.32 Å². The molecular formula is C49H79NO11. The van der Waals surface area contributed by atoms with E-state index in [0.29, 0.717) is 45.2 Å². The zero-order chi connectivity index (χ0) is 46.4. The number of benzene rings is 1. The number of nitrogens with one attached hydrogen (secondary N) is 1. The lowest BCUT2D eigenvalue weighted by Gasteiger charge is -2.19. The Kier molecular flexibility index (Phi) is 37.1. The largest absolute Gasteiger partial charge is 0.461 e. The Hall–Kier alpha value is -4.39. The highest BCUT2D eigenvalue weighted by Gasteiger charge is 2.21. The minimum Gasteiger partial charge on any atom is -0.461 e. The molecule has 0 aliphatic heterocycles. The van der Waals surface area contributed by atoms with E-state index in [-0.39, 0.29) is 56.4 Å². The van der Waals surface area contributed by atoms with Crippen molar-refractivity contribution in [3.63, 3.8) is 0 Å². The van der Waals surface area contributed by atoms with Crippen molar-refractivity contribution in [2.75, 3.05) is 46.6 Å². The highest BCUT2D eigenvalue weighted by atomic mass is 16.6. The summed E-state index contributed by atoms with van der Waals surface area (Å²) in [6.45, 7) is 23.3. The number of allylic oxidation sites excluding steroid dienone is 6. The molecule has 346 valence electrons. The fourth-order valence-corrected chi connectivity index (χ4v) is 5.34. The van der Waals surface area contributed by atoms with Gasteiger partial charge in [-0.2, -0.15) is 0 Å². The van der Waals surface area contributed by atoms with E-state index < -0.39 is 36.7 Å². The zero-order valence-corrected chi connectivity index (χ0v) is 38.8. The van der Waals surface area contributed by atoms with Crippen molar-refractivity contribution in [1.29, 1.82) is 0 Å². The van der Waals surface area contributed by atoms with Gasteiger partial charge in [-0.05, 0) is 90.8 Å². The Balaban J connectivity index is 0. The summed E-state index contributed by atoms with van der Waals surface area (Å²) in [6, 6.07) is 8.21. The summed E-state index contributed by atoms with van der Waals surface area (Å²) >= 11 is 0. The molecule has 5 unspecified atom stereocenters. The number of aliphatic hydroxyl groups is 1. The molecule has 0 fully saturated rings. The van der Waals surface area contributed by atoms with Gasteiger partial charge in [-0.3, -0.25) is 19.2 Å². The number of rotatable bonds is 31. The molecule has 1 aromatic rings. The molecule has 0 aliphatic carbocycles. The normalized spacial score (nSPS) is 13.6. The van der Waals surface area contributed by atoms with Gasteiger partial charge in [0.2, 0.25) is 0 Å². The summed E-state index contributed by atoms with van der Waals surface area (Å²) in [6.07, 6.45) is 12.8. The molecule has 0 saturated heterocycles. The van der Waals surface area contributed by atoms with Crippen LogP contribution in [0.2, 0.25) is 0 Å². The van der Waals surface area contributed by atoms with E-state index in [9.17, 15) is 29.1 Å². The first kappa shape index (κ1) is 58.7. The van der Waals surface area contributed by atoms with Crippen molar-refractivity contribution in [1.82, 2.24) is 5.32 Å². The quantitative estimate of drug-likeness (QED) is 0.0241. The monoisotopic (exact) mass is 858 g/mol. The molecule has 1 aromatic carbocycles. The Labute approximate surface area is 367 Å². The van der Waals surface area contributed by atoms with E-state index in [1.165, 1.54) is 18.2 Å². The molecule has 2 N–H and O–H groups in total. The van der Waals surface area contributed by atoms with Gasteiger partial charge in [-0.1, -0.05) is 113 Å². The first-order valence-corrected chi connectivity index (χ1v) is 21.9. The molecule has 12 heteroatoms.